The first-order valence-corrected chi connectivity index (χ1v) is 9.18. The van der Waals surface area contributed by atoms with Crippen molar-refractivity contribution in [1.29, 1.82) is 0 Å². The summed E-state index contributed by atoms with van der Waals surface area (Å²) in [5.41, 5.74) is 1.09. The van der Waals surface area contributed by atoms with Gasteiger partial charge in [-0.05, 0) is 56.5 Å². The molecular weight excluding hydrogens is 286 g/mol. The van der Waals surface area contributed by atoms with Gasteiger partial charge < -0.3 is 5.11 Å². The molecule has 3 nitrogen and oxygen atoms in total. The maximum absolute atomic E-state index is 11.8. The van der Waals surface area contributed by atoms with Gasteiger partial charge in [-0.3, -0.25) is 9.69 Å². The van der Waals surface area contributed by atoms with Gasteiger partial charge in [0.25, 0.3) is 0 Å². The summed E-state index contributed by atoms with van der Waals surface area (Å²) in [7, 11) is 0. The molecule has 0 aliphatic heterocycles. The molecule has 2 rings (SSSR count). The minimum absolute atomic E-state index is 0.0863. The first-order valence-electron chi connectivity index (χ1n) is 9.18. The number of hydrogen-bond acceptors (Lipinski definition) is 3. The molecule has 1 N–H and O–H groups in total. The number of hydrogen-bond donors (Lipinski definition) is 1. The smallest absolute Gasteiger partial charge is 0.133 e. The lowest BCUT2D eigenvalue weighted by molar-refractivity contribution is -0.123. The van der Waals surface area contributed by atoms with Gasteiger partial charge in [0.15, 0.2) is 0 Å². The molecule has 0 radical (unpaired) electrons. The van der Waals surface area contributed by atoms with Crippen LogP contribution in [0.1, 0.15) is 70.8 Å². The molecule has 0 bridgehead atoms. The van der Waals surface area contributed by atoms with Crippen LogP contribution in [0.3, 0.4) is 0 Å². The number of benzene rings is 1. The molecule has 0 saturated heterocycles. The Morgan fingerprint density at radius 2 is 1.70 bits per heavy atom. The van der Waals surface area contributed by atoms with Gasteiger partial charge in [0, 0.05) is 18.4 Å². The van der Waals surface area contributed by atoms with Crippen LogP contribution in [0.25, 0.3) is 0 Å². The Kier molecular flexibility index (Phi) is 6.64. The predicted octanol–water partition coefficient (Wildman–Crippen LogP) is 4.63. The second-order valence-corrected chi connectivity index (χ2v) is 6.81. The number of ketones is 1. The van der Waals surface area contributed by atoms with Crippen LogP contribution in [0.5, 0.6) is 5.75 Å². The van der Waals surface area contributed by atoms with E-state index in [1.807, 2.05) is 12.1 Å². The zero-order valence-electron chi connectivity index (χ0n) is 14.7. The summed E-state index contributed by atoms with van der Waals surface area (Å²) in [5.74, 6) is 0.705. The van der Waals surface area contributed by atoms with Gasteiger partial charge in [-0.2, -0.15) is 0 Å². The van der Waals surface area contributed by atoms with E-state index in [0.29, 0.717) is 24.4 Å². The third kappa shape index (κ3) is 4.35. The third-order valence-corrected chi connectivity index (χ3v) is 5.19. The van der Waals surface area contributed by atoms with Crippen LogP contribution >= 0.6 is 0 Å². The van der Waals surface area contributed by atoms with E-state index in [1.165, 1.54) is 31.2 Å². The first-order chi connectivity index (χ1) is 11.1. The number of nitrogens with zero attached hydrogens (tertiary/aromatic N) is 1. The normalized spacial score (nSPS) is 17.6. The second kappa shape index (κ2) is 8.49. The molecule has 1 aliphatic carbocycles. The Balaban J connectivity index is 2.35. The van der Waals surface area contributed by atoms with E-state index in [2.05, 4.69) is 24.8 Å². The van der Waals surface area contributed by atoms with Gasteiger partial charge in [-0.15, -0.1) is 0 Å². The van der Waals surface area contributed by atoms with Crippen molar-refractivity contribution in [1.82, 2.24) is 4.90 Å². The van der Waals surface area contributed by atoms with Crippen LogP contribution in [0, 0.1) is 0 Å². The number of unbranched alkanes of at least 4 members (excludes halogenated alkanes) is 2. The van der Waals surface area contributed by atoms with Crippen molar-refractivity contribution in [3.8, 4) is 5.75 Å². The maximum atomic E-state index is 11.8. The molecule has 0 unspecified atom stereocenters. The average molecular weight is 317 g/mol. The summed E-state index contributed by atoms with van der Waals surface area (Å²) in [4.78, 5) is 14.4. The summed E-state index contributed by atoms with van der Waals surface area (Å²) in [5, 5.41) is 9.96. The highest BCUT2D eigenvalue weighted by atomic mass is 16.3. The van der Waals surface area contributed by atoms with E-state index in [9.17, 15) is 9.90 Å². The number of carbonyl (C=O) groups is 1. The molecule has 1 aliphatic rings. The fourth-order valence-corrected chi connectivity index (χ4v) is 3.76. The number of phenols is 1. The van der Waals surface area contributed by atoms with Gasteiger partial charge in [0.2, 0.25) is 0 Å². The molecule has 1 aromatic rings. The van der Waals surface area contributed by atoms with Gasteiger partial charge in [0.1, 0.15) is 11.5 Å². The van der Waals surface area contributed by atoms with Gasteiger partial charge in [-0.1, -0.05) is 38.8 Å². The fraction of sp³-hybridized carbons (Fsp3) is 0.650. The molecule has 3 heteroatoms. The highest BCUT2D eigenvalue weighted by Crippen LogP contribution is 2.42. The van der Waals surface area contributed by atoms with Crippen molar-refractivity contribution < 1.29 is 9.90 Å². The molecule has 0 heterocycles. The molecule has 0 amide bonds. The standard InChI is InChI=1S/C20H31NO2/c1-3-5-14-21(15-6-4-2)20(12-10-18(22)11-13-20)17-8-7-9-19(23)16-17/h7-9,16,23H,3-6,10-15H2,1-2H3. The Morgan fingerprint density at radius 1 is 1.09 bits per heavy atom. The van der Waals surface area contributed by atoms with E-state index in [-0.39, 0.29) is 5.54 Å². The predicted molar refractivity (Wildman–Crippen MR) is 94.6 cm³/mol. The summed E-state index contributed by atoms with van der Waals surface area (Å²) >= 11 is 0. The summed E-state index contributed by atoms with van der Waals surface area (Å²) in [6.45, 7) is 6.59. The zero-order chi connectivity index (χ0) is 16.7. The molecule has 0 atom stereocenters. The number of aromatic hydroxyl groups is 1. The van der Waals surface area contributed by atoms with Crippen molar-refractivity contribution in [3.05, 3.63) is 29.8 Å². The van der Waals surface area contributed by atoms with Crippen molar-refractivity contribution in [2.24, 2.45) is 0 Å². The molecule has 0 spiro atoms. The molecule has 1 fully saturated rings. The SMILES string of the molecule is CCCCN(CCCC)C1(c2cccc(O)c2)CCC(=O)CC1. The number of Topliss-reactive ketones (excluding diaryl/α,β-unsaturated/α-hetero) is 1. The molecule has 0 aromatic heterocycles. The minimum Gasteiger partial charge on any atom is -0.508 e. The van der Waals surface area contributed by atoms with E-state index < -0.39 is 0 Å². The Morgan fingerprint density at radius 3 is 2.22 bits per heavy atom. The summed E-state index contributed by atoms with van der Waals surface area (Å²) < 4.78 is 0. The van der Waals surface area contributed by atoms with Gasteiger partial charge in [-0.25, -0.2) is 0 Å². The first kappa shape index (κ1) is 18.0. The molecule has 128 valence electrons. The third-order valence-electron chi connectivity index (χ3n) is 5.19. The Hall–Kier alpha value is -1.35. The van der Waals surface area contributed by atoms with Crippen LogP contribution in [-0.2, 0) is 10.3 Å². The van der Waals surface area contributed by atoms with E-state index in [0.717, 1.165) is 25.9 Å². The van der Waals surface area contributed by atoms with E-state index in [1.54, 1.807) is 6.07 Å². The summed E-state index contributed by atoms with van der Waals surface area (Å²) in [6, 6.07) is 7.69. The highest BCUT2D eigenvalue weighted by Gasteiger charge is 2.41. The van der Waals surface area contributed by atoms with Crippen molar-refractivity contribution in [3.63, 3.8) is 0 Å². The molecule has 1 aromatic carbocycles. The number of rotatable bonds is 8. The topological polar surface area (TPSA) is 40.5 Å². The fourth-order valence-electron chi connectivity index (χ4n) is 3.76. The number of phenolic OH excluding ortho intramolecular Hbond substituents is 1. The lowest BCUT2D eigenvalue weighted by Gasteiger charge is -2.47. The van der Waals surface area contributed by atoms with Crippen molar-refractivity contribution in [2.75, 3.05) is 13.1 Å². The average Bonchev–Trinajstić information content (AvgIpc) is 2.56. The summed E-state index contributed by atoms with van der Waals surface area (Å²) in [6.07, 6.45) is 7.78. The van der Waals surface area contributed by atoms with E-state index >= 15 is 0 Å². The molecule has 23 heavy (non-hydrogen) atoms. The van der Waals surface area contributed by atoms with Crippen LogP contribution < -0.4 is 0 Å². The largest absolute Gasteiger partial charge is 0.508 e. The van der Waals surface area contributed by atoms with Crippen LogP contribution in [0.15, 0.2) is 24.3 Å². The minimum atomic E-state index is -0.0863. The van der Waals surface area contributed by atoms with Crippen molar-refractivity contribution >= 4 is 5.78 Å². The second-order valence-electron chi connectivity index (χ2n) is 6.81. The highest BCUT2D eigenvalue weighted by molar-refractivity contribution is 5.79. The van der Waals surface area contributed by atoms with Crippen LogP contribution in [0.4, 0.5) is 0 Å². The zero-order valence-corrected chi connectivity index (χ0v) is 14.7. The van der Waals surface area contributed by atoms with Crippen LogP contribution in [-0.4, -0.2) is 28.9 Å². The Labute approximate surface area is 140 Å². The quantitative estimate of drug-likeness (QED) is 0.760. The van der Waals surface area contributed by atoms with E-state index in [4.69, 9.17) is 0 Å². The van der Waals surface area contributed by atoms with Gasteiger partial charge in [0.05, 0.1) is 0 Å². The maximum Gasteiger partial charge on any atom is 0.133 e. The van der Waals surface area contributed by atoms with Crippen molar-refractivity contribution in [2.45, 2.75) is 70.8 Å². The lowest BCUT2D eigenvalue weighted by atomic mass is 9.74. The Bertz CT molecular complexity index is 494. The molecular formula is C20H31NO2. The monoisotopic (exact) mass is 317 g/mol. The van der Waals surface area contributed by atoms with Crippen LogP contribution in [0.2, 0.25) is 0 Å². The number of carbonyl (C=O) groups excluding carboxylic acids is 1. The van der Waals surface area contributed by atoms with Gasteiger partial charge >= 0.3 is 0 Å². The molecule has 1 saturated carbocycles. The lowest BCUT2D eigenvalue weighted by Crippen LogP contribution is -2.49.